The van der Waals surface area contributed by atoms with Gasteiger partial charge in [-0.15, -0.1) is 0 Å². The van der Waals surface area contributed by atoms with Crippen LogP contribution >= 0.6 is 0 Å². The minimum Gasteiger partial charge on any atom is -0.548 e. The maximum absolute atomic E-state index is 10.6. The minimum atomic E-state index is -1.63. The summed E-state index contributed by atoms with van der Waals surface area (Å²) in [5.41, 5.74) is 0. The Kier molecular flexibility index (Phi) is 16.7. The Labute approximate surface area is 240 Å². The molecule has 14 nitrogen and oxygen atoms in total. The number of carboxylic acid groups (broad SMARTS) is 2. The second-order valence-electron chi connectivity index (χ2n) is 7.52. The van der Waals surface area contributed by atoms with Gasteiger partial charge < -0.3 is 68.6 Å². The maximum atomic E-state index is 10.6. The molecule has 2 aliphatic heterocycles. The van der Waals surface area contributed by atoms with Crippen molar-refractivity contribution in [3.05, 3.63) is 0 Å². The Hall–Kier alpha value is 0.540. The van der Waals surface area contributed by atoms with Gasteiger partial charge in [-0.3, -0.25) is 0 Å². The van der Waals surface area contributed by atoms with Crippen LogP contribution in [-0.4, -0.2) is 121 Å². The number of hydrogen-bond donors (Lipinski definition) is 4. The first-order valence-electron chi connectivity index (χ1n) is 9.83. The topological polar surface area (TPSA) is 217 Å². The summed E-state index contributed by atoms with van der Waals surface area (Å²) in [6.07, 6.45) is -12.5. The molecule has 0 amide bonds. The van der Waals surface area contributed by atoms with Crippen molar-refractivity contribution in [3.8, 4) is 0 Å². The zero-order valence-corrected chi connectivity index (χ0v) is 23.5. The number of rotatable bonds is 11. The summed E-state index contributed by atoms with van der Waals surface area (Å²) in [5, 5.41) is 62.5. The molecular weight excluding hydrogens is 486 g/mol. The van der Waals surface area contributed by atoms with E-state index in [-0.39, 0.29) is 65.7 Å². The molecule has 0 spiro atoms. The molecule has 34 heavy (non-hydrogen) atoms. The second kappa shape index (κ2) is 16.4. The molecule has 0 aromatic heterocycles. The molecule has 16 heteroatoms. The smallest absolute Gasteiger partial charge is 0.548 e. The third-order valence-corrected chi connectivity index (χ3v) is 5.23. The SMILES string of the molecule is COC1OC(COCC(=O)[O-])C(OC2OC(COCC(=O)[O-])C(C)C(O)C2O)C(O)C1O.[Na+].[Na+]. The average molecular weight is 514 g/mol. The van der Waals surface area contributed by atoms with E-state index in [4.69, 9.17) is 28.4 Å². The van der Waals surface area contributed by atoms with Crippen molar-refractivity contribution >= 4 is 11.9 Å². The number of aliphatic hydroxyl groups is 4. The first-order valence-corrected chi connectivity index (χ1v) is 9.83. The summed E-state index contributed by atoms with van der Waals surface area (Å²) in [6.45, 7) is -0.635. The van der Waals surface area contributed by atoms with Gasteiger partial charge in [-0.25, -0.2) is 0 Å². The molecule has 0 aliphatic carbocycles. The van der Waals surface area contributed by atoms with Gasteiger partial charge in [0.05, 0.1) is 50.6 Å². The normalized spacial score (nSPS) is 37.8. The van der Waals surface area contributed by atoms with Gasteiger partial charge >= 0.3 is 59.1 Å². The van der Waals surface area contributed by atoms with Gasteiger partial charge in [0, 0.05) is 13.0 Å². The molecule has 2 rings (SSSR count). The van der Waals surface area contributed by atoms with Crippen molar-refractivity contribution in [2.75, 3.05) is 33.5 Å². The van der Waals surface area contributed by atoms with Crippen LogP contribution in [0.25, 0.3) is 0 Å². The van der Waals surface area contributed by atoms with Gasteiger partial charge in [-0.1, -0.05) is 6.92 Å². The summed E-state index contributed by atoms with van der Waals surface area (Å²) >= 11 is 0. The number of carbonyl (C=O) groups is 2. The average Bonchev–Trinajstić information content (AvgIpc) is 2.73. The number of aliphatic hydroxyl groups excluding tert-OH is 4. The quantitative estimate of drug-likeness (QED) is 0.188. The molecule has 10 unspecified atom stereocenters. The third kappa shape index (κ3) is 9.45. The van der Waals surface area contributed by atoms with Gasteiger partial charge in [-0.05, 0) is 0 Å². The maximum Gasteiger partial charge on any atom is 1.00 e. The van der Waals surface area contributed by atoms with Crippen molar-refractivity contribution in [3.63, 3.8) is 0 Å². The molecule has 10 atom stereocenters. The van der Waals surface area contributed by atoms with Crippen molar-refractivity contribution < 1.29 is 128 Å². The van der Waals surface area contributed by atoms with Crippen molar-refractivity contribution in [1.82, 2.24) is 0 Å². The van der Waals surface area contributed by atoms with Crippen molar-refractivity contribution in [1.29, 1.82) is 0 Å². The van der Waals surface area contributed by atoms with E-state index in [1.165, 1.54) is 7.11 Å². The standard InChI is InChI=1S/C18H30O14.2Na/c1-7-8(3-28-5-10(19)20)30-18(14(25)12(7)23)32-16-9(4-29-6-11(21)22)31-17(27-2)15(26)13(16)24;;/h7-9,12-18,23-26H,3-6H2,1-2H3,(H,19,20)(H,21,22);;/q;2*+1/p-2. The van der Waals surface area contributed by atoms with E-state index in [2.05, 4.69) is 0 Å². The van der Waals surface area contributed by atoms with Crippen LogP contribution in [0.2, 0.25) is 0 Å². The molecule has 186 valence electrons. The van der Waals surface area contributed by atoms with E-state index >= 15 is 0 Å². The molecule has 0 radical (unpaired) electrons. The van der Waals surface area contributed by atoms with E-state index in [1.54, 1.807) is 6.92 Å². The van der Waals surface area contributed by atoms with Crippen molar-refractivity contribution in [2.45, 2.75) is 62.2 Å². The van der Waals surface area contributed by atoms with Crippen LogP contribution in [0.1, 0.15) is 6.92 Å². The van der Waals surface area contributed by atoms with Gasteiger partial charge in [0.25, 0.3) is 0 Å². The van der Waals surface area contributed by atoms with Crippen LogP contribution in [0.3, 0.4) is 0 Å². The van der Waals surface area contributed by atoms with Crippen LogP contribution in [0.4, 0.5) is 0 Å². The molecule has 0 saturated carbocycles. The third-order valence-electron chi connectivity index (χ3n) is 5.23. The Morgan fingerprint density at radius 1 is 0.794 bits per heavy atom. The fourth-order valence-electron chi connectivity index (χ4n) is 3.45. The molecule has 2 aliphatic rings. The van der Waals surface area contributed by atoms with E-state index in [1.807, 2.05) is 0 Å². The number of hydrogen-bond acceptors (Lipinski definition) is 14. The minimum absolute atomic E-state index is 0. The van der Waals surface area contributed by atoms with E-state index in [0.29, 0.717) is 0 Å². The molecule has 0 aromatic carbocycles. The van der Waals surface area contributed by atoms with E-state index < -0.39 is 93.0 Å². The summed E-state index contributed by atoms with van der Waals surface area (Å²) in [5.74, 6) is -3.63. The Morgan fingerprint density at radius 3 is 1.76 bits per heavy atom. The van der Waals surface area contributed by atoms with E-state index in [9.17, 15) is 40.2 Å². The summed E-state index contributed by atoms with van der Waals surface area (Å²) in [6, 6.07) is 0. The largest absolute Gasteiger partial charge is 1.00 e. The van der Waals surface area contributed by atoms with Crippen LogP contribution in [0.15, 0.2) is 0 Å². The summed E-state index contributed by atoms with van der Waals surface area (Å²) < 4.78 is 31.5. The Bertz CT molecular complexity index is 627. The van der Waals surface area contributed by atoms with Crippen LogP contribution in [-0.2, 0) is 38.0 Å². The van der Waals surface area contributed by atoms with Gasteiger partial charge in [0.1, 0.15) is 30.5 Å². The van der Waals surface area contributed by atoms with Crippen molar-refractivity contribution in [2.24, 2.45) is 5.92 Å². The number of methoxy groups -OCH3 is 1. The van der Waals surface area contributed by atoms with Crippen LogP contribution in [0.5, 0.6) is 0 Å². The number of ether oxygens (including phenoxy) is 6. The zero-order chi connectivity index (χ0) is 24.0. The monoisotopic (exact) mass is 514 g/mol. The number of aliphatic carboxylic acids is 2. The molecule has 0 aromatic rings. The molecule has 0 bridgehead atoms. The first-order chi connectivity index (χ1) is 15.1. The molecule has 4 N–H and O–H groups in total. The van der Waals surface area contributed by atoms with Gasteiger partial charge in [0.2, 0.25) is 0 Å². The molecule has 2 saturated heterocycles. The molecule has 2 heterocycles. The number of carboxylic acids is 2. The van der Waals surface area contributed by atoms with Crippen LogP contribution in [0, 0.1) is 5.92 Å². The molecular formula is C18H28Na2O14. The van der Waals surface area contributed by atoms with Gasteiger partial charge in [0.15, 0.2) is 12.6 Å². The Morgan fingerprint density at radius 2 is 1.26 bits per heavy atom. The van der Waals surface area contributed by atoms with Gasteiger partial charge in [-0.2, -0.15) is 0 Å². The second-order valence-corrected chi connectivity index (χ2v) is 7.52. The summed E-state index contributed by atoms with van der Waals surface area (Å²) in [4.78, 5) is 21.1. The zero-order valence-electron chi connectivity index (χ0n) is 19.5. The van der Waals surface area contributed by atoms with E-state index in [0.717, 1.165) is 0 Å². The first kappa shape index (κ1) is 34.5. The Balaban J connectivity index is 0.00000544. The summed E-state index contributed by atoms with van der Waals surface area (Å²) in [7, 11) is 1.21. The predicted octanol–water partition coefficient (Wildman–Crippen LogP) is -11.9. The fourth-order valence-corrected chi connectivity index (χ4v) is 3.45. The van der Waals surface area contributed by atoms with Crippen LogP contribution < -0.4 is 69.3 Å². The predicted molar refractivity (Wildman–Crippen MR) is 94.0 cm³/mol. The molecule has 2 fully saturated rings. The number of carbonyl (C=O) groups excluding carboxylic acids is 2. The fraction of sp³-hybridized carbons (Fsp3) is 0.889.